The number of esters is 1. The van der Waals surface area contributed by atoms with E-state index >= 15 is 0 Å². The van der Waals surface area contributed by atoms with E-state index in [1.54, 1.807) is 42.5 Å². The molecule has 0 aliphatic heterocycles. The topological polar surface area (TPSA) is 197 Å². The maximum absolute atomic E-state index is 11.1. The number of benzene rings is 3. The Balaban J connectivity index is -0.000000253. The van der Waals surface area contributed by atoms with Gasteiger partial charge in [0.1, 0.15) is 41.7 Å². The first-order chi connectivity index (χ1) is 19.8. The first kappa shape index (κ1) is 42.9. The summed E-state index contributed by atoms with van der Waals surface area (Å²) in [7, 11) is 5.75. The van der Waals surface area contributed by atoms with Gasteiger partial charge < -0.3 is 25.5 Å². The number of hydrogen-bond donors (Lipinski definition) is 1. The SMILES string of the molecule is COC(=O)c1ccc(OC)c(C#N)c1.COc1ccc(C=O)cc1C#N.COc1ccc(CO)cc1C#N.[B].[H-].[Li+].[O]=[Mn]=[O]. The van der Waals surface area contributed by atoms with Gasteiger partial charge in [-0.25, -0.2) is 4.79 Å². The van der Waals surface area contributed by atoms with Gasteiger partial charge in [0.2, 0.25) is 0 Å². The fourth-order valence-electron chi connectivity index (χ4n) is 2.87. The summed E-state index contributed by atoms with van der Waals surface area (Å²) in [5.74, 6) is 1.00. The Hall–Kier alpha value is -4.59. The molecule has 12 nitrogen and oxygen atoms in total. The molecule has 0 saturated heterocycles. The van der Waals surface area contributed by atoms with Crippen LogP contribution >= 0.6 is 0 Å². The number of carbonyl (C=O) groups is 2. The molecular formula is C28H26BLiMnN3O9. The summed E-state index contributed by atoms with van der Waals surface area (Å²) in [6.07, 6.45) is 0.695. The van der Waals surface area contributed by atoms with Crippen molar-refractivity contribution in [2.24, 2.45) is 0 Å². The number of rotatable bonds is 6. The van der Waals surface area contributed by atoms with Crippen molar-refractivity contribution in [3.8, 4) is 35.5 Å². The van der Waals surface area contributed by atoms with Crippen LogP contribution in [0.5, 0.6) is 17.2 Å². The molecule has 43 heavy (non-hydrogen) atoms. The van der Waals surface area contributed by atoms with E-state index in [4.69, 9.17) is 42.8 Å². The second-order valence-electron chi connectivity index (χ2n) is 7.08. The summed E-state index contributed by atoms with van der Waals surface area (Å²) in [4.78, 5) is 21.4. The molecule has 0 aliphatic carbocycles. The van der Waals surface area contributed by atoms with E-state index in [0.717, 1.165) is 0 Å². The molecule has 3 radical (unpaired) electrons. The van der Waals surface area contributed by atoms with Crippen LogP contribution < -0.4 is 33.1 Å². The fourth-order valence-corrected chi connectivity index (χ4v) is 2.87. The number of nitriles is 3. The Kier molecular flexibility index (Phi) is 25.1. The van der Waals surface area contributed by atoms with E-state index in [-0.39, 0.29) is 35.3 Å². The summed E-state index contributed by atoms with van der Waals surface area (Å²) in [6.45, 7) is -0.0569. The number of ether oxygens (including phenoxy) is 4. The van der Waals surface area contributed by atoms with Crippen LogP contribution in [0.1, 0.15) is 44.4 Å². The van der Waals surface area contributed by atoms with Gasteiger partial charge in [0, 0.05) is 14.0 Å². The Labute approximate surface area is 270 Å². The van der Waals surface area contributed by atoms with E-state index in [9.17, 15) is 9.59 Å². The predicted octanol–water partition coefficient (Wildman–Crippen LogP) is 0.288. The molecule has 0 atom stereocenters. The summed E-state index contributed by atoms with van der Waals surface area (Å²) in [5, 5.41) is 34.8. The second kappa shape index (κ2) is 25.1. The normalized spacial score (nSPS) is 8.14. The van der Waals surface area contributed by atoms with Crippen LogP contribution in [0.4, 0.5) is 0 Å². The molecule has 15 heteroatoms. The van der Waals surface area contributed by atoms with Gasteiger partial charge in [-0.15, -0.1) is 0 Å². The van der Waals surface area contributed by atoms with Crippen LogP contribution in [0.2, 0.25) is 0 Å². The molecule has 218 valence electrons. The first-order valence-corrected chi connectivity index (χ1v) is 12.0. The number of aldehydes is 1. The molecule has 3 aromatic rings. The van der Waals surface area contributed by atoms with E-state index in [1.807, 2.05) is 18.2 Å². The van der Waals surface area contributed by atoms with Crippen molar-refractivity contribution < 1.29 is 76.4 Å². The van der Waals surface area contributed by atoms with Crippen LogP contribution in [-0.2, 0) is 33.8 Å². The molecule has 0 heterocycles. The van der Waals surface area contributed by atoms with Crippen LogP contribution in [-0.4, -0.2) is 54.2 Å². The monoisotopic (exact) mass is 621 g/mol. The average molecular weight is 621 g/mol. The minimum absolute atomic E-state index is 0. The number of hydrogen-bond acceptors (Lipinski definition) is 12. The molecule has 3 aromatic carbocycles. The third-order valence-electron chi connectivity index (χ3n) is 4.79. The Morgan fingerprint density at radius 1 is 0.814 bits per heavy atom. The van der Waals surface area contributed by atoms with Gasteiger partial charge in [-0.3, -0.25) is 4.79 Å². The van der Waals surface area contributed by atoms with Crippen molar-refractivity contribution in [1.29, 1.82) is 15.8 Å². The van der Waals surface area contributed by atoms with Crippen molar-refractivity contribution in [3.05, 3.63) is 88.0 Å². The van der Waals surface area contributed by atoms with Gasteiger partial charge in [0.05, 0.1) is 57.3 Å². The first-order valence-electron chi connectivity index (χ1n) is 11.0. The molecule has 0 aromatic heterocycles. The molecule has 0 amide bonds. The molecule has 0 spiro atoms. The molecule has 1 N–H and O–H groups in total. The summed E-state index contributed by atoms with van der Waals surface area (Å²) in [6, 6.07) is 20.1. The van der Waals surface area contributed by atoms with Crippen LogP contribution in [0.15, 0.2) is 54.6 Å². The summed E-state index contributed by atoms with van der Waals surface area (Å²) in [5.41, 5.74) is 2.67. The number of nitrogens with zero attached hydrogens (tertiary/aromatic N) is 3. The van der Waals surface area contributed by atoms with Gasteiger partial charge in [0.25, 0.3) is 0 Å². The Morgan fingerprint density at radius 3 is 1.63 bits per heavy atom. The van der Waals surface area contributed by atoms with Gasteiger partial charge >= 0.3 is 47.3 Å². The minimum atomic E-state index is -1.44. The van der Waals surface area contributed by atoms with Crippen molar-refractivity contribution >= 4 is 20.7 Å². The molecule has 0 unspecified atom stereocenters. The Bertz CT molecular complexity index is 1500. The fraction of sp³-hybridized carbons (Fsp3) is 0.179. The van der Waals surface area contributed by atoms with Crippen molar-refractivity contribution in [2.75, 3.05) is 28.4 Å². The van der Waals surface area contributed by atoms with E-state index < -0.39 is 20.8 Å². The quantitative estimate of drug-likeness (QED) is 0.225. The van der Waals surface area contributed by atoms with E-state index in [1.165, 1.54) is 40.6 Å². The zero-order valence-corrected chi connectivity index (χ0v) is 25.2. The third kappa shape index (κ3) is 14.7. The molecular weight excluding hydrogens is 595 g/mol. The molecule has 3 rings (SSSR count). The van der Waals surface area contributed by atoms with Gasteiger partial charge in [0.15, 0.2) is 0 Å². The Morgan fingerprint density at radius 2 is 1.23 bits per heavy atom. The molecule has 0 fully saturated rings. The van der Waals surface area contributed by atoms with Crippen LogP contribution in [0, 0.1) is 34.0 Å². The number of aliphatic hydroxyl groups is 1. The van der Waals surface area contributed by atoms with E-state index in [0.29, 0.717) is 56.9 Å². The zero-order chi connectivity index (χ0) is 31.2. The number of aliphatic hydroxyl groups excluding tert-OH is 1. The van der Waals surface area contributed by atoms with Crippen LogP contribution in [0.3, 0.4) is 0 Å². The maximum atomic E-state index is 11.1. The van der Waals surface area contributed by atoms with Crippen LogP contribution in [0.25, 0.3) is 0 Å². The number of carbonyl (C=O) groups excluding carboxylic acids is 2. The standard InChI is InChI=1S/C10H9NO3.C9H9NO2.C9H7NO2.B.Li.Mn.2O.H/c1-13-9-4-3-7(10(12)14-2)5-8(9)6-11;2*1-12-9-3-2-7(6-11)4-8(9)5-10;;;;;;/h3-5H,1-2H3;2-4,11H,6H2,1H3;2-4,6H,1H3;;;;;;/q;;;;+1;;;;-1. The van der Waals surface area contributed by atoms with Gasteiger partial charge in [-0.2, -0.15) is 15.8 Å². The molecule has 0 bridgehead atoms. The summed E-state index contributed by atoms with van der Waals surface area (Å²) < 4.78 is 36.1. The van der Waals surface area contributed by atoms with Crippen molar-refractivity contribution in [1.82, 2.24) is 0 Å². The van der Waals surface area contributed by atoms with Gasteiger partial charge in [-0.1, -0.05) is 6.07 Å². The number of methoxy groups -OCH3 is 4. The van der Waals surface area contributed by atoms with Crippen molar-refractivity contribution in [2.45, 2.75) is 6.61 Å². The summed E-state index contributed by atoms with van der Waals surface area (Å²) >= 11 is -1.44. The zero-order valence-electron chi connectivity index (χ0n) is 25.0. The second-order valence-corrected chi connectivity index (χ2v) is 7.27. The third-order valence-corrected chi connectivity index (χ3v) is 4.79. The average Bonchev–Trinajstić information content (AvgIpc) is 3.04. The van der Waals surface area contributed by atoms with Crippen molar-refractivity contribution in [3.63, 3.8) is 0 Å². The predicted molar refractivity (Wildman–Crippen MR) is 144 cm³/mol. The molecule has 0 aliphatic rings. The molecule has 0 saturated carbocycles. The van der Waals surface area contributed by atoms with E-state index in [2.05, 4.69) is 4.74 Å². The van der Waals surface area contributed by atoms with Gasteiger partial charge in [-0.05, 0) is 54.1 Å².